The number of carbonyl (C=O) groups excluding carboxylic acids is 1. The Morgan fingerprint density at radius 3 is 2.91 bits per heavy atom. The number of rotatable bonds is 3. The van der Waals surface area contributed by atoms with Crippen LogP contribution in [0.3, 0.4) is 0 Å². The Hall–Kier alpha value is -0.370. The molecule has 64 valence electrons. The fourth-order valence-electron chi connectivity index (χ4n) is 1.47. The van der Waals surface area contributed by atoms with Gasteiger partial charge in [0.15, 0.2) is 5.78 Å². The Morgan fingerprint density at radius 2 is 2.45 bits per heavy atom. The Kier molecular flexibility index (Phi) is 3.06. The van der Waals surface area contributed by atoms with E-state index in [1.54, 1.807) is 0 Å². The summed E-state index contributed by atoms with van der Waals surface area (Å²) in [5.41, 5.74) is 0. The van der Waals surface area contributed by atoms with Crippen molar-refractivity contribution in [2.45, 2.75) is 39.2 Å². The second-order valence-corrected chi connectivity index (χ2v) is 3.36. The summed E-state index contributed by atoms with van der Waals surface area (Å²) < 4.78 is 0. The lowest BCUT2D eigenvalue weighted by atomic mass is 9.97. The summed E-state index contributed by atoms with van der Waals surface area (Å²) in [7, 11) is 0. The minimum absolute atomic E-state index is 0.171. The van der Waals surface area contributed by atoms with Gasteiger partial charge in [0.05, 0.1) is 6.04 Å². The van der Waals surface area contributed by atoms with E-state index in [2.05, 4.69) is 12.2 Å². The van der Waals surface area contributed by atoms with Crippen LogP contribution in [-0.2, 0) is 4.79 Å². The number of ketones is 1. The van der Waals surface area contributed by atoms with Gasteiger partial charge in [-0.3, -0.25) is 4.79 Å². The molecule has 1 aliphatic heterocycles. The molecule has 0 bridgehead atoms. The third kappa shape index (κ3) is 2.03. The van der Waals surface area contributed by atoms with Crippen LogP contribution in [0.1, 0.15) is 33.1 Å². The van der Waals surface area contributed by atoms with Gasteiger partial charge in [0.25, 0.3) is 0 Å². The molecule has 1 saturated heterocycles. The van der Waals surface area contributed by atoms with Crippen LogP contribution >= 0.6 is 0 Å². The highest BCUT2D eigenvalue weighted by Crippen LogP contribution is 2.12. The van der Waals surface area contributed by atoms with Crippen molar-refractivity contribution in [3.05, 3.63) is 0 Å². The average molecular weight is 155 g/mol. The molecule has 1 aliphatic rings. The molecule has 1 unspecified atom stereocenters. The molecule has 0 spiro atoms. The first-order valence-corrected chi connectivity index (χ1v) is 4.52. The summed E-state index contributed by atoms with van der Waals surface area (Å²) in [4.78, 5) is 11.5. The van der Waals surface area contributed by atoms with Crippen molar-refractivity contribution < 1.29 is 4.79 Å². The maximum atomic E-state index is 11.5. The van der Waals surface area contributed by atoms with Gasteiger partial charge in [0.2, 0.25) is 0 Å². The zero-order valence-corrected chi connectivity index (χ0v) is 7.39. The van der Waals surface area contributed by atoms with Gasteiger partial charge in [-0.25, -0.2) is 0 Å². The van der Waals surface area contributed by atoms with E-state index in [0.717, 1.165) is 25.8 Å². The van der Waals surface area contributed by atoms with Crippen molar-refractivity contribution in [3.8, 4) is 0 Å². The van der Waals surface area contributed by atoms with Crippen molar-refractivity contribution in [1.29, 1.82) is 0 Å². The van der Waals surface area contributed by atoms with E-state index >= 15 is 0 Å². The highest BCUT2D eigenvalue weighted by molar-refractivity contribution is 5.86. The van der Waals surface area contributed by atoms with Gasteiger partial charge in [0, 0.05) is 5.92 Å². The van der Waals surface area contributed by atoms with E-state index < -0.39 is 0 Å². The fraction of sp³-hybridized carbons (Fsp3) is 0.889. The van der Waals surface area contributed by atoms with E-state index in [-0.39, 0.29) is 12.0 Å². The quantitative estimate of drug-likeness (QED) is 0.666. The summed E-state index contributed by atoms with van der Waals surface area (Å²) in [6, 6.07) is 0.171. The molecule has 2 heteroatoms. The molecule has 2 nitrogen and oxygen atoms in total. The Bertz CT molecular complexity index is 138. The smallest absolute Gasteiger partial charge is 0.152 e. The van der Waals surface area contributed by atoms with Crippen molar-refractivity contribution in [3.63, 3.8) is 0 Å². The Morgan fingerprint density at radius 1 is 1.73 bits per heavy atom. The minimum atomic E-state index is 0.171. The maximum absolute atomic E-state index is 11.5. The highest BCUT2D eigenvalue weighted by Gasteiger charge is 2.24. The summed E-state index contributed by atoms with van der Waals surface area (Å²) in [6.07, 6.45) is 3.17. The van der Waals surface area contributed by atoms with Crippen molar-refractivity contribution in [2.24, 2.45) is 5.92 Å². The van der Waals surface area contributed by atoms with Crippen molar-refractivity contribution in [2.75, 3.05) is 6.54 Å². The van der Waals surface area contributed by atoms with Gasteiger partial charge < -0.3 is 5.32 Å². The van der Waals surface area contributed by atoms with E-state index in [1.807, 2.05) is 6.92 Å². The lowest BCUT2D eigenvalue weighted by Crippen LogP contribution is -2.34. The number of carbonyl (C=O) groups is 1. The second kappa shape index (κ2) is 3.86. The molecule has 1 N–H and O–H groups in total. The van der Waals surface area contributed by atoms with Crippen LogP contribution < -0.4 is 5.32 Å². The predicted octanol–water partition coefficient (Wildman–Crippen LogP) is 1.35. The molecule has 1 rings (SSSR count). The highest BCUT2D eigenvalue weighted by atomic mass is 16.1. The van der Waals surface area contributed by atoms with Gasteiger partial charge in [-0.1, -0.05) is 13.8 Å². The minimum Gasteiger partial charge on any atom is -0.307 e. The molecule has 0 aromatic carbocycles. The van der Waals surface area contributed by atoms with Gasteiger partial charge in [-0.2, -0.15) is 0 Å². The van der Waals surface area contributed by atoms with E-state index in [9.17, 15) is 4.79 Å². The van der Waals surface area contributed by atoms with Crippen LogP contribution in [0.4, 0.5) is 0 Å². The summed E-state index contributed by atoms with van der Waals surface area (Å²) in [5.74, 6) is 0.649. The zero-order valence-electron chi connectivity index (χ0n) is 7.39. The molecule has 0 saturated carbocycles. The summed E-state index contributed by atoms with van der Waals surface area (Å²) >= 11 is 0. The molecule has 2 atom stereocenters. The van der Waals surface area contributed by atoms with E-state index in [4.69, 9.17) is 0 Å². The SMILES string of the molecule is CCC(C)C(=O)[C@H]1CCCN1. The van der Waals surface area contributed by atoms with E-state index in [0.29, 0.717) is 5.78 Å². The molecule has 0 aromatic rings. The third-order valence-electron chi connectivity index (χ3n) is 2.50. The Labute approximate surface area is 68.4 Å². The van der Waals surface area contributed by atoms with Gasteiger partial charge in [-0.15, -0.1) is 0 Å². The standard InChI is InChI=1S/C9H17NO/c1-3-7(2)9(11)8-5-4-6-10-8/h7-8,10H,3-6H2,1-2H3/t7?,8-/m1/s1. The van der Waals surface area contributed by atoms with Crippen LogP contribution in [0.5, 0.6) is 0 Å². The largest absolute Gasteiger partial charge is 0.307 e. The number of Topliss-reactive ketones (excluding diaryl/α,β-unsaturated/α-hetero) is 1. The van der Waals surface area contributed by atoms with Crippen molar-refractivity contribution in [1.82, 2.24) is 5.32 Å². The lowest BCUT2D eigenvalue weighted by molar-refractivity contribution is -0.124. The van der Waals surface area contributed by atoms with Crippen LogP contribution in [0.15, 0.2) is 0 Å². The molecule has 1 fully saturated rings. The molecule has 0 radical (unpaired) electrons. The lowest BCUT2D eigenvalue weighted by Gasteiger charge is -2.13. The Balaban J connectivity index is 2.39. The molecular weight excluding hydrogens is 138 g/mol. The van der Waals surface area contributed by atoms with Gasteiger partial charge in [0.1, 0.15) is 0 Å². The van der Waals surface area contributed by atoms with Crippen LogP contribution in [0, 0.1) is 5.92 Å². The molecule has 11 heavy (non-hydrogen) atoms. The van der Waals surface area contributed by atoms with Crippen LogP contribution in [0.25, 0.3) is 0 Å². The van der Waals surface area contributed by atoms with Gasteiger partial charge >= 0.3 is 0 Å². The monoisotopic (exact) mass is 155 g/mol. The third-order valence-corrected chi connectivity index (χ3v) is 2.50. The van der Waals surface area contributed by atoms with Crippen LogP contribution in [-0.4, -0.2) is 18.4 Å². The number of hydrogen-bond acceptors (Lipinski definition) is 2. The first kappa shape index (κ1) is 8.72. The van der Waals surface area contributed by atoms with Gasteiger partial charge in [-0.05, 0) is 25.8 Å². The second-order valence-electron chi connectivity index (χ2n) is 3.36. The summed E-state index contributed by atoms with van der Waals surface area (Å²) in [6.45, 7) is 5.10. The molecular formula is C9H17NO. The number of nitrogens with one attached hydrogen (secondary N) is 1. The summed E-state index contributed by atoms with van der Waals surface area (Å²) in [5, 5.41) is 3.22. The number of hydrogen-bond donors (Lipinski definition) is 1. The molecule has 1 heterocycles. The molecule has 0 aromatic heterocycles. The first-order valence-electron chi connectivity index (χ1n) is 4.52. The van der Waals surface area contributed by atoms with Crippen molar-refractivity contribution >= 4 is 5.78 Å². The zero-order chi connectivity index (χ0) is 8.27. The topological polar surface area (TPSA) is 29.1 Å². The average Bonchev–Trinajstić information content (AvgIpc) is 2.53. The first-order chi connectivity index (χ1) is 5.25. The van der Waals surface area contributed by atoms with E-state index in [1.165, 1.54) is 0 Å². The maximum Gasteiger partial charge on any atom is 0.152 e. The predicted molar refractivity (Wildman–Crippen MR) is 45.5 cm³/mol. The fourth-order valence-corrected chi connectivity index (χ4v) is 1.47. The molecule has 0 aliphatic carbocycles. The van der Waals surface area contributed by atoms with Crippen LogP contribution in [0.2, 0.25) is 0 Å². The molecule has 0 amide bonds. The normalized spacial score (nSPS) is 26.9.